The molecule has 0 bridgehead atoms. The molecule has 2 aromatic rings. The maximum atomic E-state index is 8.64. The van der Waals surface area contributed by atoms with Crippen LogP contribution in [-0.4, -0.2) is 14.0 Å². The maximum Gasteiger partial charge on any atom is 0.435 e. The highest BCUT2D eigenvalue weighted by Crippen LogP contribution is 2.20. The Hall–Kier alpha value is -1.26. The number of para-hydroxylation sites is 1. The van der Waals surface area contributed by atoms with Crippen LogP contribution in [0, 0.1) is 0 Å². The van der Waals surface area contributed by atoms with E-state index in [1.54, 1.807) is 6.26 Å². The standard InChI is InChI=1S/C9H9BO3/c11-10-13-6-7-5-12-9-4-2-1-3-8(7)9/h1-5,10-11H,6H2/i10D. The Morgan fingerprint density at radius 3 is 3.23 bits per heavy atom. The van der Waals surface area contributed by atoms with E-state index in [2.05, 4.69) is 0 Å². The first-order chi connectivity index (χ1) is 6.77. The van der Waals surface area contributed by atoms with Crippen molar-refractivity contribution in [1.82, 2.24) is 0 Å². The summed E-state index contributed by atoms with van der Waals surface area (Å²) >= 11 is 0. The minimum Gasteiger partial charge on any atom is -0.464 e. The average Bonchev–Trinajstić information content (AvgIpc) is 2.58. The number of hydrogen-bond acceptors (Lipinski definition) is 3. The summed E-state index contributed by atoms with van der Waals surface area (Å²) in [5.41, 5.74) is 1.62. The fourth-order valence-electron chi connectivity index (χ4n) is 1.27. The van der Waals surface area contributed by atoms with Gasteiger partial charge in [0.1, 0.15) is 5.58 Å². The van der Waals surface area contributed by atoms with E-state index < -0.39 is 7.65 Å². The molecule has 1 aromatic carbocycles. The van der Waals surface area contributed by atoms with Crippen molar-refractivity contribution in [1.29, 1.82) is 1.34 Å². The first kappa shape index (κ1) is 7.18. The molecule has 0 saturated carbocycles. The molecule has 66 valence electrons. The van der Waals surface area contributed by atoms with E-state index in [1.165, 1.54) is 0 Å². The van der Waals surface area contributed by atoms with Gasteiger partial charge in [-0.15, -0.1) is 0 Å². The van der Waals surface area contributed by atoms with Crippen LogP contribution in [0.1, 0.15) is 5.56 Å². The molecule has 0 aliphatic heterocycles. The predicted molar refractivity (Wildman–Crippen MR) is 50.4 cm³/mol. The number of fused-ring (bicyclic) bond motifs is 1. The van der Waals surface area contributed by atoms with E-state index in [9.17, 15) is 0 Å². The molecular weight excluding hydrogens is 167 g/mol. The third kappa shape index (κ3) is 1.59. The molecule has 0 fully saturated rings. The lowest BCUT2D eigenvalue weighted by Crippen LogP contribution is -1.96. The highest BCUT2D eigenvalue weighted by atomic mass is 16.5. The van der Waals surface area contributed by atoms with Gasteiger partial charge >= 0.3 is 7.65 Å². The molecule has 2 rings (SSSR count). The Morgan fingerprint density at radius 1 is 1.54 bits per heavy atom. The van der Waals surface area contributed by atoms with Crippen molar-refractivity contribution in [2.24, 2.45) is 0 Å². The zero-order chi connectivity index (χ0) is 9.97. The Morgan fingerprint density at radius 2 is 2.38 bits per heavy atom. The van der Waals surface area contributed by atoms with E-state index in [-0.39, 0.29) is 6.61 Å². The lowest BCUT2D eigenvalue weighted by atomic mass is 10.2. The first-order valence-electron chi connectivity index (χ1n) is 4.52. The molecule has 3 nitrogen and oxygen atoms in total. The van der Waals surface area contributed by atoms with Crippen molar-refractivity contribution >= 4 is 18.6 Å². The molecule has 1 N–H and O–H groups in total. The van der Waals surface area contributed by atoms with Crippen LogP contribution < -0.4 is 0 Å². The van der Waals surface area contributed by atoms with Crippen LogP contribution in [0.15, 0.2) is 34.9 Å². The van der Waals surface area contributed by atoms with Gasteiger partial charge in [-0.05, 0) is 6.07 Å². The van der Waals surface area contributed by atoms with E-state index in [0.29, 0.717) is 0 Å². The van der Waals surface area contributed by atoms with Crippen molar-refractivity contribution in [2.75, 3.05) is 0 Å². The molecule has 13 heavy (non-hydrogen) atoms. The summed E-state index contributed by atoms with van der Waals surface area (Å²) in [6.07, 6.45) is 1.58. The summed E-state index contributed by atoms with van der Waals surface area (Å²) in [7, 11) is -1.50. The minimum atomic E-state index is -1.50. The lowest BCUT2D eigenvalue weighted by molar-refractivity contribution is 0.273. The summed E-state index contributed by atoms with van der Waals surface area (Å²) in [5.74, 6) is 0. The summed E-state index contributed by atoms with van der Waals surface area (Å²) in [6.45, 7) is 0.182. The summed E-state index contributed by atoms with van der Waals surface area (Å²) in [5, 5.41) is 9.59. The van der Waals surface area contributed by atoms with Gasteiger partial charge in [0.2, 0.25) is 0 Å². The Kier molecular flexibility index (Phi) is 2.01. The van der Waals surface area contributed by atoms with Crippen molar-refractivity contribution in [2.45, 2.75) is 6.61 Å². The predicted octanol–water partition coefficient (Wildman–Crippen LogP) is 1.21. The third-order valence-corrected chi connectivity index (χ3v) is 1.87. The Balaban J connectivity index is 2.25. The highest BCUT2D eigenvalue weighted by Gasteiger charge is 2.03. The average molecular weight is 177 g/mol. The number of hydrogen-bond donors (Lipinski definition) is 1. The molecule has 0 spiro atoms. The van der Waals surface area contributed by atoms with Crippen LogP contribution >= 0.6 is 0 Å². The van der Waals surface area contributed by atoms with Crippen LogP contribution in [0.5, 0.6) is 0 Å². The van der Waals surface area contributed by atoms with Gasteiger partial charge in [-0.3, -0.25) is 0 Å². The van der Waals surface area contributed by atoms with Crippen LogP contribution in [0.4, 0.5) is 0 Å². The molecule has 0 amide bonds. The number of benzene rings is 1. The van der Waals surface area contributed by atoms with Gasteiger partial charge in [-0.1, -0.05) is 18.2 Å². The van der Waals surface area contributed by atoms with Gasteiger partial charge in [0, 0.05) is 10.9 Å². The monoisotopic (exact) mass is 177 g/mol. The van der Waals surface area contributed by atoms with E-state index in [1.807, 2.05) is 24.3 Å². The second-order valence-electron chi connectivity index (χ2n) is 2.67. The molecule has 0 aliphatic carbocycles. The van der Waals surface area contributed by atoms with E-state index in [4.69, 9.17) is 15.4 Å². The fourth-order valence-corrected chi connectivity index (χ4v) is 1.27. The van der Waals surface area contributed by atoms with Gasteiger partial charge in [-0.2, -0.15) is 0 Å². The van der Waals surface area contributed by atoms with Crippen LogP contribution in [0.25, 0.3) is 11.0 Å². The smallest absolute Gasteiger partial charge is 0.435 e. The molecule has 4 heteroatoms. The normalized spacial score (nSPS) is 11.6. The summed E-state index contributed by atoms with van der Waals surface area (Å²) in [4.78, 5) is 0. The third-order valence-electron chi connectivity index (χ3n) is 1.87. The molecule has 0 aliphatic rings. The molecule has 0 saturated heterocycles. The summed E-state index contributed by atoms with van der Waals surface area (Å²) < 4.78 is 16.8. The Bertz CT molecular complexity index is 427. The summed E-state index contributed by atoms with van der Waals surface area (Å²) in [6, 6.07) is 7.55. The zero-order valence-electron chi connectivity index (χ0n) is 7.93. The van der Waals surface area contributed by atoms with Gasteiger partial charge in [0.25, 0.3) is 0 Å². The maximum absolute atomic E-state index is 8.64. The minimum absolute atomic E-state index is 0.182. The molecule has 0 radical (unpaired) electrons. The number of furan rings is 1. The molecule has 0 unspecified atom stereocenters. The van der Waals surface area contributed by atoms with Crippen molar-refractivity contribution < 1.29 is 14.1 Å². The quantitative estimate of drug-likeness (QED) is 0.716. The topological polar surface area (TPSA) is 42.6 Å². The van der Waals surface area contributed by atoms with Gasteiger partial charge < -0.3 is 14.1 Å². The van der Waals surface area contributed by atoms with E-state index in [0.717, 1.165) is 16.5 Å². The second kappa shape index (κ2) is 3.64. The van der Waals surface area contributed by atoms with E-state index >= 15 is 0 Å². The zero-order valence-corrected chi connectivity index (χ0v) is 6.93. The SMILES string of the molecule is [2H]B(O)OCc1coc2ccccc12. The molecular formula is C9H9BO3. The van der Waals surface area contributed by atoms with Gasteiger partial charge in [0.05, 0.1) is 14.2 Å². The second-order valence-corrected chi connectivity index (χ2v) is 2.67. The molecule has 1 aromatic heterocycles. The largest absolute Gasteiger partial charge is 0.464 e. The van der Waals surface area contributed by atoms with Crippen molar-refractivity contribution in [3.05, 3.63) is 36.1 Å². The number of rotatable bonds is 3. The Labute approximate surface area is 77.6 Å². The van der Waals surface area contributed by atoms with Crippen molar-refractivity contribution in [3.8, 4) is 0 Å². The highest BCUT2D eigenvalue weighted by molar-refractivity contribution is 6.15. The van der Waals surface area contributed by atoms with Crippen LogP contribution in [0.2, 0.25) is 0 Å². The fraction of sp³-hybridized carbons (Fsp3) is 0.111. The molecule has 0 atom stereocenters. The van der Waals surface area contributed by atoms with Crippen LogP contribution in [-0.2, 0) is 11.3 Å². The van der Waals surface area contributed by atoms with Gasteiger partial charge in [-0.25, -0.2) is 0 Å². The van der Waals surface area contributed by atoms with Crippen LogP contribution in [0.3, 0.4) is 0 Å². The van der Waals surface area contributed by atoms with Crippen molar-refractivity contribution in [3.63, 3.8) is 0 Å². The lowest BCUT2D eigenvalue weighted by Gasteiger charge is -1.95. The first-order valence-corrected chi connectivity index (χ1v) is 3.94. The molecule has 1 heterocycles. The van der Waals surface area contributed by atoms with Gasteiger partial charge in [0.15, 0.2) is 0 Å².